The summed E-state index contributed by atoms with van der Waals surface area (Å²) in [6, 6.07) is 1.79. The van der Waals surface area contributed by atoms with Crippen molar-refractivity contribution in [1.82, 2.24) is 9.71 Å². The average molecular weight is 311 g/mol. The average Bonchev–Trinajstić information content (AvgIpc) is 2.86. The minimum absolute atomic E-state index is 0.187. The van der Waals surface area contributed by atoms with Crippen LogP contribution in [0.4, 0.5) is 5.69 Å². The Kier molecular flexibility index (Phi) is 4.12. The summed E-state index contributed by atoms with van der Waals surface area (Å²) >= 11 is 1.41. The Hall–Kier alpha value is -1.44. The number of aryl methyl sites for hydroxylation is 2. The molecule has 0 fully saturated rings. The number of sulfonamides is 1. The van der Waals surface area contributed by atoms with Gasteiger partial charge in [0.25, 0.3) is 0 Å². The van der Waals surface area contributed by atoms with Gasteiger partial charge in [0.1, 0.15) is 5.01 Å². The van der Waals surface area contributed by atoms with Crippen molar-refractivity contribution in [3.63, 3.8) is 0 Å². The molecule has 7 heteroatoms. The van der Waals surface area contributed by atoms with E-state index >= 15 is 0 Å². The lowest BCUT2D eigenvalue weighted by Crippen LogP contribution is -2.25. The molecule has 2 aromatic rings. The van der Waals surface area contributed by atoms with E-state index in [1.54, 1.807) is 26.1 Å². The number of nitrogen functional groups attached to an aromatic ring is 1. The van der Waals surface area contributed by atoms with Crippen LogP contribution < -0.4 is 10.5 Å². The lowest BCUT2D eigenvalue weighted by molar-refractivity contribution is 0.580. The second-order valence-corrected chi connectivity index (χ2v) is 7.31. The zero-order valence-corrected chi connectivity index (χ0v) is 13.2. The van der Waals surface area contributed by atoms with E-state index in [1.165, 1.54) is 11.3 Å². The van der Waals surface area contributed by atoms with E-state index in [0.29, 0.717) is 16.8 Å². The normalized spacial score (nSPS) is 11.8. The molecular weight excluding hydrogens is 294 g/mol. The fourth-order valence-corrected chi connectivity index (χ4v) is 4.28. The highest BCUT2D eigenvalue weighted by atomic mass is 32.2. The number of nitrogens with one attached hydrogen (secondary N) is 1. The van der Waals surface area contributed by atoms with Gasteiger partial charge in [-0.05, 0) is 37.5 Å². The summed E-state index contributed by atoms with van der Waals surface area (Å²) < 4.78 is 27.5. The largest absolute Gasteiger partial charge is 0.398 e. The van der Waals surface area contributed by atoms with Gasteiger partial charge in [0.05, 0.1) is 11.4 Å². The second kappa shape index (κ2) is 5.51. The molecule has 108 valence electrons. The van der Waals surface area contributed by atoms with E-state index in [9.17, 15) is 8.42 Å². The first-order valence-electron chi connectivity index (χ1n) is 6.07. The van der Waals surface area contributed by atoms with Gasteiger partial charge in [0, 0.05) is 17.3 Å². The van der Waals surface area contributed by atoms with E-state index in [0.717, 1.165) is 10.6 Å². The minimum Gasteiger partial charge on any atom is -0.398 e. The van der Waals surface area contributed by atoms with Crippen LogP contribution in [0.3, 0.4) is 0 Å². The molecule has 1 heterocycles. The first kappa shape index (κ1) is 15.0. The number of nitrogens with two attached hydrogens (primary N) is 1. The number of hydrogen-bond donors (Lipinski definition) is 2. The van der Waals surface area contributed by atoms with Crippen molar-refractivity contribution in [2.45, 2.75) is 32.2 Å². The van der Waals surface area contributed by atoms with Gasteiger partial charge in [-0.15, -0.1) is 11.3 Å². The second-order valence-electron chi connectivity index (χ2n) is 4.63. The molecular formula is C13H17N3O2S2. The Balaban J connectivity index is 2.37. The molecule has 1 aromatic heterocycles. The van der Waals surface area contributed by atoms with Crippen molar-refractivity contribution in [3.8, 4) is 0 Å². The number of hydrogen-bond acceptors (Lipinski definition) is 5. The smallest absolute Gasteiger partial charge is 0.241 e. The highest BCUT2D eigenvalue weighted by Crippen LogP contribution is 2.28. The van der Waals surface area contributed by atoms with E-state index in [4.69, 9.17) is 5.73 Å². The minimum atomic E-state index is -3.60. The third-order valence-corrected chi connectivity index (χ3v) is 5.60. The molecule has 0 saturated heterocycles. The lowest BCUT2D eigenvalue weighted by atomic mass is 10.1. The summed E-state index contributed by atoms with van der Waals surface area (Å²) in [5.41, 5.74) is 8.63. The molecule has 0 atom stereocenters. The van der Waals surface area contributed by atoms with Crippen LogP contribution in [0.2, 0.25) is 0 Å². The Morgan fingerprint density at radius 3 is 2.60 bits per heavy atom. The highest BCUT2D eigenvalue weighted by Gasteiger charge is 2.22. The molecule has 0 amide bonds. The van der Waals surface area contributed by atoms with Gasteiger partial charge >= 0.3 is 0 Å². The van der Waals surface area contributed by atoms with Crippen LogP contribution in [0.15, 0.2) is 22.5 Å². The molecule has 0 saturated carbocycles. The summed E-state index contributed by atoms with van der Waals surface area (Å²) in [7, 11) is -3.60. The van der Waals surface area contributed by atoms with Crippen molar-refractivity contribution >= 4 is 27.0 Å². The highest BCUT2D eigenvalue weighted by molar-refractivity contribution is 7.89. The quantitative estimate of drug-likeness (QED) is 0.847. The molecule has 0 radical (unpaired) electrons. The summed E-state index contributed by atoms with van der Waals surface area (Å²) in [5.74, 6) is 0. The third-order valence-electron chi connectivity index (χ3n) is 3.13. The van der Waals surface area contributed by atoms with Crippen LogP contribution >= 0.6 is 11.3 Å². The van der Waals surface area contributed by atoms with Gasteiger partial charge in [-0.3, -0.25) is 0 Å². The van der Waals surface area contributed by atoms with Crippen molar-refractivity contribution in [2.75, 3.05) is 5.73 Å². The van der Waals surface area contributed by atoms with Crippen LogP contribution in [-0.2, 0) is 16.6 Å². The molecule has 0 aliphatic rings. The zero-order chi connectivity index (χ0) is 14.9. The third kappa shape index (κ3) is 2.84. The maximum absolute atomic E-state index is 12.4. The zero-order valence-electron chi connectivity index (χ0n) is 11.6. The Labute approximate surface area is 122 Å². The number of thiazole rings is 1. The molecule has 5 nitrogen and oxygen atoms in total. The maximum Gasteiger partial charge on any atom is 0.241 e. The molecule has 20 heavy (non-hydrogen) atoms. The van der Waals surface area contributed by atoms with Crippen molar-refractivity contribution < 1.29 is 8.42 Å². The van der Waals surface area contributed by atoms with E-state index < -0.39 is 10.0 Å². The Morgan fingerprint density at radius 2 is 2.00 bits per heavy atom. The molecule has 0 spiro atoms. The van der Waals surface area contributed by atoms with Crippen molar-refractivity contribution in [3.05, 3.63) is 39.3 Å². The maximum atomic E-state index is 12.4. The molecule has 2 rings (SSSR count). The number of nitrogens with zero attached hydrogens (tertiary/aromatic N) is 1. The van der Waals surface area contributed by atoms with Crippen molar-refractivity contribution in [2.24, 2.45) is 0 Å². The first-order chi connectivity index (χ1) is 9.33. The predicted octanol–water partition coefficient (Wildman–Crippen LogP) is 2.13. The van der Waals surface area contributed by atoms with Gasteiger partial charge < -0.3 is 5.73 Å². The van der Waals surface area contributed by atoms with Crippen LogP contribution in [0.5, 0.6) is 0 Å². The van der Waals surface area contributed by atoms with Crippen LogP contribution in [0.1, 0.15) is 21.7 Å². The number of aromatic nitrogens is 1. The van der Waals surface area contributed by atoms with Crippen LogP contribution in [0.25, 0.3) is 0 Å². The first-order valence-corrected chi connectivity index (χ1v) is 8.43. The molecule has 0 aliphatic carbocycles. The summed E-state index contributed by atoms with van der Waals surface area (Å²) in [6.45, 7) is 5.56. The van der Waals surface area contributed by atoms with Gasteiger partial charge in [-0.25, -0.2) is 18.1 Å². The molecule has 0 unspecified atom stereocenters. The molecule has 1 aromatic carbocycles. The van der Waals surface area contributed by atoms with Gasteiger partial charge in [0.15, 0.2) is 0 Å². The monoisotopic (exact) mass is 311 g/mol. The van der Waals surface area contributed by atoms with Crippen molar-refractivity contribution in [1.29, 1.82) is 0 Å². The fourth-order valence-electron chi connectivity index (χ4n) is 2.16. The number of benzene rings is 1. The SMILES string of the molecule is Cc1cc(C)c(S(=O)(=O)NCc2nccs2)c(C)c1N. The summed E-state index contributed by atoms with van der Waals surface area (Å²) in [6.07, 6.45) is 1.65. The van der Waals surface area contributed by atoms with E-state index in [-0.39, 0.29) is 11.4 Å². The lowest BCUT2D eigenvalue weighted by Gasteiger charge is -2.15. The molecule has 3 N–H and O–H groups in total. The fraction of sp³-hybridized carbons (Fsp3) is 0.308. The molecule has 0 bridgehead atoms. The Morgan fingerprint density at radius 1 is 1.30 bits per heavy atom. The van der Waals surface area contributed by atoms with Gasteiger partial charge in [-0.1, -0.05) is 6.07 Å². The topological polar surface area (TPSA) is 85.1 Å². The van der Waals surface area contributed by atoms with E-state index in [1.807, 2.05) is 12.3 Å². The van der Waals surface area contributed by atoms with Gasteiger partial charge in [0.2, 0.25) is 10.0 Å². The van der Waals surface area contributed by atoms with Gasteiger partial charge in [-0.2, -0.15) is 0 Å². The van der Waals surface area contributed by atoms with E-state index in [2.05, 4.69) is 9.71 Å². The molecule has 0 aliphatic heterocycles. The van der Waals surface area contributed by atoms with Crippen LogP contribution in [0, 0.1) is 20.8 Å². The number of rotatable bonds is 4. The standard InChI is InChI=1S/C13H17N3O2S2/c1-8-6-9(2)13(10(3)12(8)14)20(17,18)16-7-11-15-4-5-19-11/h4-6,16H,7,14H2,1-3H3. The number of anilines is 1. The Bertz CT molecular complexity index is 723. The summed E-state index contributed by atoms with van der Waals surface area (Å²) in [4.78, 5) is 4.32. The summed E-state index contributed by atoms with van der Waals surface area (Å²) in [5, 5.41) is 2.54. The van der Waals surface area contributed by atoms with Crippen LogP contribution in [-0.4, -0.2) is 13.4 Å². The predicted molar refractivity (Wildman–Crippen MR) is 81.2 cm³/mol.